The largest absolute Gasteiger partial charge is 0.479 e. The summed E-state index contributed by atoms with van der Waals surface area (Å²) in [6.07, 6.45) is -1.01. The van der Waals surface area contributed by atoms with Gasteiger partial charge in [-0.2, -0.15) is 0 Å². The number of hydrogen-bond acceptors (Lipinski definition) is 3. The smallest absolute Gasteiger partial charge is 0.265 e. The zero-order chi connectivity index (χ0) is 11.0. The van der Waals surface area contributed by atoms with Crippen molar-refractivity contribution in [3.8, 4) is 5.75 Å². The summed E-state index contributed by atoms with van der Waals surface area (Å²) < 4.78 is 5.39. The summed E-state index contributed by atoms with van der Waals surface area (Å²) in [4.78, 5) is 11.3. The minimum absolute atomic E-state index is 0.162. The maximum absolute atomic E-state index is 11.3. The zero-order valence-corrected chi connectivity index (χ0v) is 8.65. The molecule has 80 valence electrons. The molecule has 0 radical (unpaired) electrons. The number of hydrogen-bond donors (Lipinski definition) is 2. The average molecular weight is 207 g/mol. The minimum atomic E-state index is -0.549. The Balaban J connectivity index is 2.37. The van der Waals surface area contributed by atoms with E-state index in [0.717, 1.165) is 5.56 Å². The second-order valence-corrected chi connectivity index (χ2v) is 3.68. The van der Waals surface area contributed by atoms with E-state index in [9.17, 15) is 9.90 Å². The van der Waals surface area contributed by atoms with Crippen LogP contribution in [0.3, 0.4) is 0 Å². The third-order valence-electron chi connectivity index (χ3n) is 2.42. The van der Waals surface area contributed by atoms with Crippen molar-refractivity contribution in [2.24, 2.45) is 0 Å². The van der Waals surface area contributed by atoms with Gasteiger partial charge in [-0.05, 0) is 31.5 Å². The summed E-state index contributed by atoms with van der Waals surface area (Å²) in [5, 5.41) is 12.1. The molecule has 4 heteroatoms. The van der Waals surface area contributed by atoms with Gasteiger partial charge in [0.25, 0.3) is 5.91 Å². The van der Waals surface area contributed by atoms with Crippen molar-refractivity contribution in [1.29, 1.82) is 0 Å². The Labute approximate surface area is 87.9 Å². The maximum atomic E-state index is 11.3. The molecule has 1 aliphatic rings. The molecule has 0 saturated heterocycles. The van der Waals surface area contributed by atoms with Gasteiger partial charge in [-0.15, -0.1) is 0 Å². The van der Waals surface area contributed by atoms with Crippen LogP contribution in [-0.4, -0.2) is 17.1 Å². The van der Waals surface area contributed by atoms with Crippen molar-refractivity contribution in [2.45, 2.75) is 26.1 Å². The molecular weight excluding hydrogens is 194 g/mol. The number of fused-ring (bicyclic) bond motifs is 1. The second kappa shape index (κ2) is 3.55. The summed E-state index contributed by atoms with van der Waals surface area (Å²) in [5.74, 6) is 0.483. The highest BCUT2D eigenvalue weighted by molar-refractivity contribution is 5.97. The normalized spacial score (nSPS) is 21.3. The molecule has 1 amide bonds. The van der Waals surface area contributed by atoms with Gasteiger partial charge < -0.3 is 15.2 Å². The van der Waals surface area contributed by atoms with Crippen LogP contribution in [0.4, 0.5) is 5.69 Å². The first-order chi connectivity index (χ1) is 7.08. The SMILES string of the molecule is CC1Oc2ccc([C@@H](C)O)cc2NC1=O. The van der Waals surface area contributed by atoms with Gasteiger partial charge in [0.1, 0.15) is 5.75 Å². The molecule has 2 N–H and O–H groups in total. The van der Waals surface area contributed by atoms with Gasteiger partial charge in [-0.1, -0.05) is 6.07 Å². The molecule has 1 aromatic rings. The Morgan fingerprint density at radius 1 is 1.53 bits per heavy atom. The molecule has 2 rings (SSSR count). The fourth-order valence-electron chi connectivity index (χ4n) is 1.49. The highest BCUT2D eigenvalue weighted by Gasteiger charge is 2.23. The van der Waals surface area contributed by atoms with Crippen molar-refractivity contribution in [3.63, 3.8) is 0 Å². The predicted octanol–water partition coefficient (Wildman–Crippen LogP) is 1.46. The van der Waals surface area contributed by atoms with Crippen LogP contribution >= 0.6 is 0 Å². The van der Waals surface area contributed by atoms with E-state index in [-0.39, 0.29) is 5.91 Å². The fourth-order valence-corrected chi connectivity index (χ4v) is 1.49. The van der Waals surface area contributed by atoms with Crippen molar-refractivity contribution < 1.29 is 14.6 Å². The summed E-state index contributed by atoms with van der Waals surface area (Å²) in [6, 6.07) is 5.27. The first-order valence-corrected chi connectivity index (χ1v) is 4.87. The van der Waals surface area contributed by atoms with Crippen LogP contribution < -0.4 is 10.1 Å². The van der Waals surface area contributed by atoms with Gasteiger partial charge in [0.2, 0.25) is 0 Å². The Hall–Kier alpha value is -1.55. The number of aliphatic hydroxyl groups excluding tert-OH is 1. The van der Waals surface area contributed by atoms with Gasteiger partial charge in [0, 0.05) is 0 Å². The molecule has 1 aromatic carbocycles. The Morgan fingerprint density at radius 3 is 2.93 bits per heavy atom. The zero-order valence-electron chi connectivity index (χ0n) is 8.65. The highest BCUT2D eigenvalue weighted by Crippen LogP contribution is 2.31. The molecule has 2 atom stereocenters. The number of ether oxygens (including phenoxy) is 1. The first-order valence-electron chi connectivity index (χ1n) is 4.87. The van der Waals surface area contributed by atoms with Crippen LogP contribution in [0.15, 0.2) is 18.2 Å². The van der Waals surface area contributed by atoms with Gasteiger partial charge in [-0.25, -0.2) is 0 Å². The number of amides is 1. The molecule has 15 heavy (non-hydrogen) atoms. The lowest BCUT2D eigenvalue weighted by molar-refractivity contribution is -0.122. The average Bonchev–Trinajstić information content (AvgIpc) is 2.19. The molecule has 0 bridgehead atoms. The van der Waals surface area contributed by atoms with Crippen LogP contribution in [0.5, 0.6) is 5.75 Å². The monoisotopic (exact) mass is 207 g/mol. The first kappa shape index (κ1) is 9.98. The fraction of sp³-hybridized carbons (Fsp3) is 0.364. The number of anilines is 1. The van der Waals surface area contributed by atoms with Crippen molar-refractivity contribution in [2.75, 3.05) is 5.32 Å². The summed E-state index contributed by atoms with van der Waals surface area (Å²) >= 11 is 0. The van der Waals surface area contributed by atoms with Crippen molar-refractivity contribution in [1.82, 2.24) is 0 Å². The standard InChI is InChI=1S/C11H13NO3/c1-6(13)8-3-4-10-9(5-8)12-11(14)7(2)15-10/h3-7,13H,1-2H3,(H,12,14)/t6-,7?/m1/s1. The van der Waals surface area contributed by atoms with E-state index in [1.807, 2.05) is 0 Å². The second-order valence-electron chi connectivity index (χ2n) is 3.68. The van der Waals surface area contributed by atoms with Gasteiger partial charge in [0.05, 0.1) is 11.8 Å². The van der Waals surface area contributed by atoms with Gasteiger partial charge in [-0.3, -0.25) is 4.79 Å². The molecular formula is C11H13NO3. The molecule has 0 saturated carbocycles. The number of nitrogens with one attached hydrogen (secondary N) is 1. The van der Waals surface area contributed by atoms with Crippen LogP contribution in [0, 0.1) is 0 Å². The lowest BCUT2D eigenvalue weighted by Gasteiger charge is -2.24. The maximum Gasteiger partial charge on any atom is 0.265 e. The lowest BCUT2D eigenvalue weighted by Crippen LogP contribution is -2.34. The van der Waals surface area contributed by atoms with Crippen LogP contribution in [0.1, 0.15) is 25.5 Å². The molecule has 4 nitrogen and oxygen atoms in total. The lowest BCUT2D eigenvalue weighted by atomic mass is 10.1. The topological polar surface area (TPSA) is 58.6 Å². The number of benzene rings is 1. The Morgan fingerprint density at radius 2 is 2.27 bits per heavy atom. The quantitative estimate of drug-likeness (QED) is 0.733. The minimum Gasteiger partial charge on any atom is -0.479 e. The molecule has 0 fully saturated rings. The van der Waals surface area contributed by atoms with E-state index in [1.54, 1.807) is 32.0 Å². The van der Waals surface area contributed by atoms with E-state index < -0.39 is 12.2 Å². The van der Waals surface area contributed by atoms with Crippen LogP contribution in [0.25, 0.3) is 0 Å². The Bertz CT molecular complexity index is 401. The third-order valence-corrected chi connectivity index (χ3v) is 2.42. The van der Waals surface area contributed by atoms with Crippen molar-refractivity contribution >= 4 is 11.6 Å². The van der Waals surface area contributed by atoms with E-state index >= 15 is 0 Å². The number of carbonyl (C=O) groups is 1. The van der Waals surface area contributed by atoms with Crippen LogP contribution in [0.2, 0.25) is 0 Å². The van der Waals surface area contributed by atoms with Crippen molar-refractivity contribution in [3.05, 3.63) is 23.8 Å². The third kappa shape index (κ3) is 1.80. The van der Waals surface area contributed by atoms with Gasteiger partial charge >= 0.3 is 0 Å². The summed E-state index contributed by atoms with van der Waals surface area (Å²) in [7, 11) is 0. The number of aliphatic hydroxyl groups is 1. The molecule has 1 unspecified atom stereocenters. The molecule has 0 aromatic heterocycles. The molecule has 1 heterocycles. The molecule has 0 aliphatic carbocycles. The van der Waals surface area contributed by atoms with E-state index in [2.05, 4.69) is 5.32 Å². The number of rotatable bonds is 1. The van der Waals surface area contributed by atoms with E-state index in [0.29, 0.717) is 11.4 Å². The number of carbonyl (C=O) groups excluding carboxylic acids is 1. The summed E-state index contributed by atoms with van der Waals surface area (Å²) in [5.41, 5.74) is 1.38. The molecule has 0 spiro atoms. The van der Waals surface area contributed by atoms with E-state index in [1.165, 1.54) is 0 Å². The predicted molar refractivity (Wildman–Crippen MR) is 55.8 cm³/mol. The van der Waals surface area contributed by atoms with Gasteiger partial charge in [0.15, 0.2) is 6.10 Å². The van der Waals surface area contributed by atoms with E-state index in [4.69, 9.17) is 4.74 Å². The van der Waals surface area contributed by atoms with Crippen LogP contribution in [-0.2, 0) is 4.79 Å². The Kier molecular flexibility index (Phi) is 2.36. The molecule has 1 aliphatic heterocycles. The highest BCUT2D eigenvalue weighted by atomic mass is 16.5. The summed E-state index contributed by atoms with van der Waals surface area (Å²) in [6.45, 7) is 3.37.